The van der Waals surface area contributed by atoms with Crippen molar-refractivity contribution in [3.05, 3.63) is 29.3 Å². The van der Waals surface area contributed by atoms with E-state index in [1.165, 1.54) is 0 Å². The number of carbonyl (C=O) groups excluding carboxylic acids is 1. The van der Waals surface area contributed by atoms with Gasteiger partial charge in [-0.2, -0.15) is 0 Å². The van der Waals surface area contributed by atoms with Crippen LogP contribution in [0.25, 0.3) is 0 Å². The van der Waals surface area contributed by atoms with Gasteiger partial charge >= 0.3 is 0 Å². The lowest BCUT2D eigenvalue weighted by molar-refractivity contribution is -0.117. The predicted octanol–water partition coefficient (Wildman–Crippen LogP) is 1.98. The topological polar surface area (TPSA) is 55.1 Å². The van der Waals surface area contributed by atoms with Gasteiger partial charge in [0.1, 0.15) is 0 Å². The van der Waals surface area contributed by atoms with Crippen molar-refractivity contribution < 1.29 is 4.79 Å². The molecule has 1 unspecified atom stereocenters. The fraction of sp³-hybridized carbons (Fsp3) is 0.417. The van der Waals surface area contributed by atoms with Crippen LogP contribution in [0.4, 0.5) is 5.69 Å². The summed E-state index contributed by atoms with van der Waals surface area (Å²) >= 11 is 0. The number of hydrogen-bond acceptors (Lipinski definition) is 2. The number of nitrogens with two attached hydrogens (primary N) is 1. The molecule has 0 radical (unpaired) electrons. The maximum atomic E-state index is 11.6. The Bertz CT molecular complexity index is 361. The minimum atomic E-state index is -0.426. The van der Waals surface area contributed by atoms with Gasteiger partial charge in [-0.15, -0.1) is 0 Å². The molecule has 1 atom stereocenters. The maximum Gasteiger partial charge on any atom is 0.241 e. The smallest absolute Gasteiger partial charge is 0.241 e. The molecule has 0 aliphatic carbocycles. The summed E-state index contributed by atoms with van der Waals surface area (Å²) in [5.41, 5.74) is 8.75. The van der Waals surface area contributed by atoms with Crippen LogP contribution in [0, 0.1) is 13.8 Å². The van der Waals surface area contributed by atoms with Gasteiger partial charge in [0.2, 0.25) is 5.91 Å². The van der Waals surface area contributed by atoms with Crippen LogP contribution in [0.2, 0.25) is 0 Å². The molecule has 0 aliphatic rings. The zero-order chi connectivity index (χ0) is 11.4. The Labute approximate surface area is 90.7 Å². The molecule has 0 fully saturated rings. The highest BCUT2D eigenvalue weighted by molar-refractivity contribution is 5.95. The fourth-order valence-electron chi connectivity index (χ4n) is 1.30. The van der Waals surface area contributed by atoms with Gasteiger partial charge in [0.25, 0.3) is 0 Å². The lowest BCUT2D eigenvalue weighted by atomic mass is 10.1. The molecule has 1 aromatic carbocycles. The van der Waals surface area contributed by atoms with Crippen LogP contribution >= 0.6 is 0 Å². The van der Waals surface area contributed by atoms with Crippen LogP contribution in [0.15, 0.2) is 18.2 Å². The minimum absolute atomic E-state index is 0.119. The highest BCUT2D eigenvalue weighted by Crippen LogP contribution is 2.17. The number of amides is 1. The van der Waals surface area contributed by atoms with Crippen LogP contribution in [-0.4, -0.2) is 11.9 Å². The molecule has 3 nitrogen and oxygen atoms in total. The Morgan fingerprint density at radius 3 is 2.73 bits per heavy atom. The van der Waals surface area contributed by atoms with Crippen molar-refractivity contribution in [3.8, 4) is 0 Å². The van der Waals surface area contributed by atoms with E-state index in [1.807, 2.05) is 39.0 Å². The van der Waals surface area contributed by atoms with Crippen molar-refractivity contribution in [2.45, 2.75) is 33.2 Å². The van der Waals surface area contributed by atoms with E-state index in [1.54, 1.807) is 0 Å². The lowest BCUT2D eigenvalue weighted by Gasteiger charge is -2.13. The molecule has 15 heavy (non-hydrogen) atoms. The van der Waals surface area contributed by atoms with E-state index >= 15 is 0 Å². The van der Waals surface area contributed by atoms with Gasteiger partial charge in [0, 0.05) is 5.69 Å². The van der Waals surface area contributed by atoms with Crippen molar-refractivity contribution in [2.24, 2.45) is 5.73 Å². The molecule has 0 heterocycles. The Balaban J connectivity index is 2.81. The summed E-state index contributed by atoms with van der Waals surface area (Å²) < 4.78 is 0. The number of anilines is 1. The van der Waals surface area contributed by atoms with E-state index in [9.17, 15) is 4.79 Å². The van der Waals surface area contributed by atoms with Crippen molar-refractivity contribution >= 4 is 11.6 Å². The number of hydrogen-bond donors (Lipinski definition) is 2. The molecule has 0 saturated heterocycles. The number of nitrogens with one attached hydrogen (secondary N) is 1. The van der Waals surface area contributed by atoms with Gasteiger partial charge in [0.05, 0.1) is 6.04 Å². The fourth-order valence-corrected chi connectivity index (χ4v) is 1.30. The lowest BCUT2D eigenvalue weighted by Crippen LogP contribution is -2.35. The monoisotopic (exact) mass is 206 g/mol. The first kappa shape index (κ1) is 11.7. The van der Waals surface area contributed by atoms with Gasteiger partial charge in [-0.1, -0.05) is 19.1 Å². The van der Waals surface area contributed by atoms with Crippen LogP contribution in [-0.2, 0) is 4.79 Å². The first-order valence-electron chi connectivity index (χ1n) is 5.19. The molecule has 3 N–H and O–H groups in total. The molecule has 0 saturated carbocycles. The molecule has 1 rings (SSSR count). The third-order valence-electron chi connectivity index (χ3n) is 2.64. The number of rotatable bonds is 3. The van der Waals surface area contributed by atoms with Crippen LogP contribution < -0.4 is 11.1 Å². The number of aryl methyl sites for hydroxylation is 1. The molecule has 0 aliphatic heterocycles. The standard InChI is InChI=1S/C12H18N2O/c1-4-10(13)12(15)14-11-7-5-6-8(2)9(11)3/h5-7,10H,4,13H2,1-3H3,(H,14,15). The van der Waals surface area contributed by atoms with Crippen LogP contribution in [0.1, 0.15) is 24.5 Å². The number of benzene rings is 1. The zero-order valence-corrected chi connectivity index (χ0v) is 9.50. The second kappa shape index (κ2) is 4.94. The average molecular weight is 206 g/mol. The largest absolute Gasteiger partial charge is 0.324 e. The SMILES string of the molecule is CCC(N)C(=O)Nc1cccc(C)c1C. The van der Waals surface area contributed by atoms with E-state index in [-0.39, 0.29) is 5.91 Å². The van der Waals surface area contributed by atoms with E-state index in [0.717, 1.165) is 16.8 Å². The first-order valence-corrected chi connectivity index (χ1v) is 5.19. The summed E-state index contributed by atoms with van der Waals surface area (Å²) in [7, 11) is 0. The Hall–Kier alpha value is -1.35. The molecule has 0 bridgehead atoms. The van der Waals surface area contributed by atoms with Gasteiger partial charge in [0.15, 0.2) is 0 Å². The van der Waals surface area contributed by atoms with Crippen molar-refractivity contribution in [1.29, 1.82) is 0 Å². The van der Waals surface area contributed by atoms with E-state index < -0.39 is 6.04 Å². The second-order valence-corrected chi connectivity index (χ2v) is 3.75. The Morgan fingerprint density at radius 2 is 2.13 bits per heavy atom. The molecule has 0 spiro atoms. The summed E-state index contributed by atoms with van der Waals surface area (Å²) in [6.07, 6.45) is 0.650. The first-order chi connectivity index (χ1) is 7.06. The Kier molecular flexibility index (Phi) is 3.86. The molecular formula is C12H18N2O. The van der Waals surface area contributed by atoms with Gasteiger partial charge in [-0.25, -0.2) is 0 Å². The van der Waals surface area contributed by atoms with Crippen molar-refractivity contribution in [1.82, 2.24) is 0 Å². The summed E-state index contributed by atoms with van der Waals surface area (Å²) in [5, 5.41) is 2.84. The highest BCUT2D eigenvalue weighted by atomic mass is 16.2. The van der Waals surface area contributed by atoms with E-state index in [4.69, 9.17) is 5.73 Å². The average Bonchev–Trinajstić information content (AvgIpc) is 2.23. The van der Waals surface area contributed by atoms with Crippen LogP contribution in [0.5, 0.6) is 0 Å². The molecule has 82 valence electrons. The van der Waals surface area contributed by atoms with Crippen molar-refractivity contribution in [2.75, 3.05) is 5.32 Å². The Morgan fingerprint density at radius 1 is 1.47 bits per heavy atom. The molecule has 0 aromatic heterocycles. The van der Waals surface area contributed by atoms with Gasteiger partial charge < -0.3 is 11.1 Å². The molecule has 1 amide bonds. The third kappa shape index (κ3) is 2.80. The summed E-state index contributed by atoms with van der Waals surface area (Å²) in [4.78, 5) is 11.6. The quantitative estimate of drug-likeness (QED) is 0.794. The molecule has 3 heteroatoms. The summed E-state index contributed by atoms with van der Waals surface area (Å²) in [6, 6.07) is 5.41. The maximum absolute atomic E-state index is 11.6. The predicted molar refractivity (Wildman–Crippen MR) is 62.8 cm³/mol. The molecule has 1 aromatic rings. The molecular weight excluding hydrogens is 188 g/mol. The van der Waals surface area contributed by atoms with Gasteiger partial charge in [-0.3, -0.25) is 4.79 Å². The summed E-state index contributed by atoms with van der Waals surface area (Å²) in [5.74, 6) is -0.119. The minimum Gasteiger partial charge on any atom is -0.324 e. The normalized spacial score (nSPS) is 12.3. The zero-order valence-electron chi connectivity index (χ0n) is 9.50. The van der Waals surface area contributed by atoms with Crippen LogP contribution in [0.3, 0.4) is 0 Å². The van der Waals surface area contributed by atoms with E-state index in [2.05, 4.69) is 5.32 Å². The number of carbonyl (C=O) groups is 1. The van der Waals surface area contributed by atoms with E-state index in [0.29, 0.717) is 6.42 Å². The van der Waals surface area contributed by atoms with Gasteiger partial charge in [-0.05, 0) is 37.5 Å². The third-order valence-corrected chi connectivity index (χ3v) is 2.64. The second-order valence-electron chi connectivity index (χ2n) is 3.75. The highest BCUT2D eigenvalue weighted by Gasteiger charge is 2.12. The van der Waals surface area contributed by atoms with Crippen molar-refractivity contribution in [3.63, 3.8) is 0 Å². The summed E-state index contributed by atoms with van der Waals surface area (Å²) in [6.45, 7) is 5.90.